The topological polar surface area (TPSA) is 61.2 Å². The zero-order valence-electron chi connectivity index (χ0n) is 8.71. The van der Waals surface area contributed by atoms with E-state index in [4.69, 9.17) is 11.7 Å². The van der Waals surface area contributed by atoms with Crippen LogP contribution in [-0.2, 0) is 10.0 Å². The number of benzene rings is 1. The van der Waals surface area contributed by atoms with Crippen molar-refractivity contribution in [2.24, 2.45) is 0 Å². The first-order valence-corrected chi connectivity index (χ1v) is 5.86. The fourth-order valence-electron chi connectivity index (χ4n) is 1.12. The van der Waals surface area contributed by atoms with E-state index in [1.165, 1.54) is 25.2 Å². The Labute approximate surface area is 95.2 Å². The molecule has 0 aliphatic heterocycles. The van der Waals surface area contributed by atoms with Crippen LogP contribution in [0, 0.1) is 23.7 Å². The van der Waals surface area contributed by atoms with Gasteiger partial charge in [-0.15, -0.1) is 6.42 Å². The molecule has 1 aromatic carbocycles. The molecule has 5 heteroatoms. The third-order valence-corrected chi connectivity index (χ3v) is 3.78. The number of sulfonamides is 1. The van der Waals surface area contributed by atoms with Crippen LogP contribution in [0.1, 0.15) is 5.56 Å². The highest BCUT2D eigenvalue weighted by molar-refractivity contribution is 7.89. The maximum Gasteiger partial charge on any atom is 0.243 e. The van der Waals surface area contributed by atoms with Crippen LogP contribution in [0.4, 0.5) is 0 Å². The van der Waals surface area contributed by atoms with Gasteiger partial charge in [0.1, 0.15) is 0 Å². The van der Waals surface area contributed by atoms with Gasteiger partial charge >= 0.3 is 0 Å². The Balaban J connectivity index is 3.19. The Morgan fingerprint density at radius 2 is 2.19 bits per heavy atom. The molecule has 0 bridgehead atoms. The lowest BCUT2D eigenvalue weighted by Gasteiger charge is -2.14. The zero-order chi connectivity index (χ0) is 12.2. The highest BCUT2D eigenvalue weighted by Crippen LogP contribution is 2.15. The van der Waals surface area contributed by atoms with Crippen molar-refractivity contribution in [1.82, 2.24) is 4.31 Å². The van der Waals surface area contributed by atoms with Crippen LogP contribution in [0.3, 0.4) is 0 Å². The van der Waals surface area contributed by atoms with Crippen molar-refractivity contribution in [3.8, 4) is 18.4 Å². The molecule has 1 rings (SSSR count). The van der Waals surface area contributed by atoms with Gasteiger partial charge in [0, 0.05) is 7.05 Å². The zero-order valence-corrected chi connectivity index (χ0v) is 9.53. The molecule has 0 saturated heterocycles. The van der Waals surface area contributed by atoms with Gasteiger partial charge in [0.2, 0.25) is 10.0 Å². The van der Waals surface area contributed by atoms with E-state index in [2.05, 4.69) is 5.92 Å². The van der Waals surface area contributed by atoms with Crippen molar-refractivity contribution < 1.29 is 8.42 Å². The average Bonchev–Trinajstić information content (AvgIpc) is 2.29. The van der Waals surface area contributed by atoms with E-state index in [1.807, 2.05) is 6.07 Å². The summed E-state index contributed by atoms with van der Waals surface area (Å²) in [4.78, 5) is 0.0734. The van der Waals surface area contributed by atoms with E-state index >= 15 is 0 Å². The Morgan fingerprint density at radius 3 is 2.75 bits per heavy atom. The summed E-state index contributed by atoms with van der Waals surface area (Å²) in [7, 11) is -2.20. The van der Waals surface area contributed by atoms with Gasteiger partial charge < -0.3 is 0 Å². The average molecular weight is 234 g/mol. The quantitative estimate of drug-likeness (QED) is 0.727. The second-order valence-corrected chi connectivity index (χ2v) is 5.15. The van der Waals surface area contributed by atoms with Gasteiger partial charge in [-0.3, -0.25) is 0 Å². The van der Waals surface area contributed by atoms with Crippen molar-refractivity contribution in [3.63, 3.8) is 0 Å². The van der Waals surface area contributed by atoms with Crippen LogP contribution in [-0.4, -0.2) is 26.3 Å². The molecule has 1 aromatic rings. The predicted molar refractivity (Wildman–Crippen MR) is 59.8 cm³/mol. The maximum atomic E-state index is 11.9. The van der Waals surface area contributed by atoms with E-state index in [1.54, 1.807) is 6.07 Å². The van der Waals surface area contributed by atoms with Gasteiger partial charge in [-0.2, -0.15) is 9.57 Å². The normalized spacial score (nSPS) is 10.8. The van der Waals surface area contributed by atoms with Crippen LogP contribution >= 0.6 is 0 Å². The SMILES string of the molecule is C#CCN(C)S(=O)(=O)c1cccc(C#N)c1. The first-order valence-electron chi connectivity index (χ1n) is 4.42. The van der Waals surface area contributed by atoms with Crippen molar-refractivity contribution >= 4 is 10.0 Å². The van der Waals surface area contributed by atoms with Crippen molar-refractivity contribution in [1.29, 1.82) is 5.26 Å². The summed E-state index contributed by atoms with van der Waals surface area (Å²) in [6.45, 7) is -0.000878. The number of nitriles is 1. The monoisotopic (exact) mass is 234 g/mol. The molecular formula is C11H10N2O2S. The highest BCUT2D eigenvalue weighted by atomic mass is 32.2. The lowest BCUT2D eigenvalue weighted by Crippen LogP contribution is -2.27. The molecule has 82 valence electrons. The number of hydrogen-bond acceptors (Lipinski definition) is 3. The summed E-state index contributed by atoms with van der Waals surface area (Å²) in [5, 5.41) is 8.68. The molecule has 0 spiro atoms. The molecule has 0 fully saturated rings. The summed E-state index contributed by atoms with van der Waals surface area (Å²) >= 11 is 0. The van der Waals surface area contributed by atoms with Crippen molar-refractivity contribution in [2.75, 3.05) is 13.6 Å². The largest absolute Gasteiger partial charge is 0.243 e. The van der Waals surface area contributed by atoms with Gasteiger partial charge in [-0.05, 0) is 18.2 Å². The Bertz CT molecular complexity index is 564. The van der Waals surface area contributed by atoms with Gasteiger partial charge in [0.25, 0.3) is 0 Å². The van der Waals surface area contributed by atoms with Crippen molar-refractivity contribution in [3.05, 3.63) is 29.8 Å². The van der Waals surface area contributed by atoms with E-state index < -0.39 is 10.0 Å². The van der Waals surface area contributed by atoms with Crippen LogP contribution in [0.2, 0.25) is 0 Å². The first-order chi connectivity index (χ1) is 7.52. The Kier molecular flexibility index (Phi) is 3.68. The summed E-state index contributed by atoms with van der Waals surface area (Å²) < 4.78 is 24.9. The smallest absolute Gasteiger partial charge is 0.207 e. The maximum absolute atomic E-state index is 11.9. The van der Waals surface area contributed by atoms with Crippen molar-refractivity contribution in [2.45, 2.75) is 4.90 Å². The highest BCUT2D eigenvalue weighted by Gasteiger charge is 2.19. The van der Waals surface area contributed by atoms with Gasteiger partial charge in [-0.25, -0.2) is 8.42 Å². The minimum atomic E-state index is -3.59. The number of terminal acetylenes is 1. The second-order valence-electron chi connectivity index (χ2n) is 3.10. The number of nitrogens with zero attached hydrogens (tertiary/aromatic N) is 2. The lowest BCUT2D eigenvalue weighted by molar-refractivity contribution is 0.503. The molecule has 0 atom stereocenters. The van der Waals surface area contributed by atoms with Gasteiger partial charge in [0.15, 0.2) is 0 Å². The van der Waals surface area contributed by atoms with E-state index in [-0.39, 0.29) is 11.4 Å². The van der Waals surface area contributed by atoms with Crippen LogP contribution in [0.15, 0.2) is 29.2 Å². The predicted octanol–water partition coefficient (Wildman–Crippen LogP) is 0.812. The van der Waals surface area contributed by atoms with Gasteiger partial charge in [0.05, 0.1) is 23.1 Å². The van der Waals surface area contributed by atoms with E-state index in [0.717, 1.165) is 4.31 Å². The van der Waals surface area contributed by atoms with Crippen LogP contribution in [0.5, 0.6) is 0 Å². The summed E-state index contributed by atoms with van der Waals surface area (Å²) in [6, 6.07) is 7.71. The summed E-state index contributed by atoms with van der Waals surface area (Å²) in [5.41, 5.74) is 0.301. The molecule has 16 heavy (non-hydrogen) atoms. The third kappa shape index (κ3) is 2.40. The molecule has 0 unspecified atom stereocenters. The lowest BCUT2D eigenvalue weighted by atomic mass is 10.2. The fraction of sp³-hybridized carbons (Fsp3) is 0.182. The second kappa shape index (κ2) is 4.80. The van der Waals surface area contributed by atoms with E-state index in [0.29, 0.717) is 5.56 Å². The number of rotatable bonds is 3. The summed E-state index contributed by atoms with van der Waals surface area (Å²) in [6.07, 6.45) is 5.05. The Hall–Kier alpha value is -1.82. The fourth-order valence-corrected chi connectivity index (χ4v) is 2.25. The molecular weight excluding hydrogens is 224 g/mol. The molecule has 0 aromatic heterocycles. The summed E-state index contributed by atoms with van der Waals surface area (Å²) in [5.74, 6) is 2.25. The molecule has 0 N–H and O–H groups in total. The molecule has 0 radical (unpaired) electrons. The molecule has 0 aliphatic carbocycles. The molecule has 0 amide bonds. The molecule has 0 heterocycles. The van der Waals surface area contributed by atoms with E-state index in [9.17, 15) is 8.42 Å². The van der Waals surface area contributed by atoms with Crippen LogP contribution in [0.25, 0.3) is 0 Å². The standard InChI is InChI=1S/C11H10N2O2S/c1-3-7-13(2)16(14,15)11-6-4-5-10(8-11)9-12/h1,4-6,8H,7H2,2H3. The molecule has 4 nitrogen and oxygen atoms in total. The molecule has 0 saturated carbocycles. The first kappa shape index (κ1) is 12.3. The van der Waals surface area contributed by atoms with Gasteiger partial charge in [-0.1, -0.05) is 12.0 Å². The Morgan fingerprint density at radius 1 is 1.50 bits per heavy atom. The minimum absolute atomic E-state index is 0.000878. The van der Waals surface area contributed by atoms with Crippen LogP contribution < -0.4 is 0 Å². The third-order valence-electron chi connectivity index (χ3n) is 1.99. The minimum Gasteiger partial charge on any atom is -0.207 e. The molecule has 0 aliphatic rings. The number of hydrogen-bond donors (Lipinski definition) is 0.